The molecule has 0 radical (unpaired) electrons. The summed E-state index contributed by atoms with van der Waals surface area (Å²) in [4.78, 5) is 55.6. The zero-order chi connectivity index (χ0) is 23.8. The summed E-state index contributed by atoms with van der Waals surface area (Å²) in [6.45, 7) is 9.55. The summed E-state index contributed by atoms with van der Waals surface area (Å²) >= 11 is 0. The lowest BCUT2D eigenvalue weighted by Gasteiger charge is -2.34. The van der Waals surface area contributed by atoms with Gasteiger partial charge in [-0.25, -0.2) is 0 Å². The van der Waals surface area contributed by atoms with E-state index in [2.05, 4.69) is 16.0 Å². The Bertz CT molecular complexity index is 764. The molecule has 3 rings (SSSR count). The standard InChI is InChI=1S/C22H37N5O5/c1-12(2)9-13-21(32)27-15(11-28)17(27)18(20(31)25-22(3,4)5)26-8-6-7-14(26)19(30)23-10-16(29)24-13/h12-15,17-18,28H,6-11H2,1-5H3,(H,23,30)(H,24,29)(H,25,31)/t13-,14-,15+,17-,18+,27?/m0/s1. The number of aliphatic hydroxyl groups excluding tert-OH is 1. The molecule has 5 atom stereocenters. The Hall–Kier alpha value is -2.20. The van der Waals surface area contributed by atoms with Gasteiger partial charge in [-0.05, 0) is 52.5 Å². The van der Waals surface area contributed by atoms with Crippen LogP contribution in [0.3, 0.4) is 0 Å². The molecule has 0 aromatic heterocycles. The Morgan fingerprint density at radius 2 is 1.94 bits per heavy atom. The summed E-state index contributed by atoms with van der Waals surface area (Å²) in [5.41, 5.74) is -0.495. The van der Waals surface area contributed by atoms with Gasteiger partial charge in [0.05, 0.1) is 31.3 Å². The lowest BCUT2D eigenvalue weighted by Crippen LogP contribution is -2.60. The third-order valence-corrected chi connectivity index (χ3v) is 6.23. The summed E-state index contributed by atoms with van der Waals surface area (Å²) in [5, 5.41) is 18.4. The smallest absolute Gasteiger partial charge is 0.245 e. The highest BCUT2D eigenvalue weighted by Gasteiger charge is 2.60. The normalized spacial score (nSPS) is 31.8. The van der Waals surface area contributed by atoms with Crippen LogP contribution in [-0.2, 0) is 19.2 Å². The minimum atomic E-state index is -0.779. The monoisotopic (exact) mass is 451 g/mol. The maximum atomic E-state index is 13.4. The largest absolute Gasteiger partial charge is 0.394 e. The minimum Gasteiger partial charge on any atom is -0.394 e. The molecule has 3 heterocycles. The van der Waals surface area contributed by atoms with Crippen molar-refractivity contribution in [3.8, 4) is 0 Å². The number of carbonyl (C=O) groups is 4. The molecule has 180 valence electrons. The summed E-state index contributed by atoms with van der Waals surface area (Å²) in [5.74, 6) is -1.15. The number of rotatable bonds is 4. The van der Waals surface area contributed by atoms with Gasteiger partial charge in [0.15, 0.2) is 0 Å². The van der Waals surface area contributed by atoms with Gasteiger partial charge >= 0.3 is 0 Å². The highest BCUT2D eigenvalue weighted by Crippen LogP contribution is 2.37. The molecular weight excluding hydrogens is 414 g/mol. The van der Waals surface area contributed by atoms with E-state index in [1.54, 1.807) is 0 Å². The molecule has 3 fully saturated rings. The maximum Gasteiger partial charge on any atom is 0.245 e. The second kappa shape index (κ2) is 9.35. The topological polar surface area (TPSA) is 131 Å². The summed E-state index contributed by atoms with van der Waals surface area (Å²) < 4.78 is 0. The average molecular weight is 452 g/mol. The molecule has 0 saturated carbocycles. The first-order valence-corrected chi connectivity index (χ1v) is 11.5. The van der Waals surface area contributed by atoms with Crippen molar-refractivity contribution in [1.82, 2.24) is 25.8 Å². The molecule has 3 saturated heterocycles. The molecule has 10 nitrogen and oxygen atoms in total. The van der Waals surface area contributed by atoms with Crippen LogP contribution in [0.2, 0.25) is 0 Å². The predicted octanol–water partition coefficient (Wildman–Crippen LogP) is -1.03. The molecule has 0 unspecified atom stereocenters. The molecule has 0 aromatic rings. The van der Waals surface area contributed by atoms with Crippen molar-refractivity contribution in [3.63, 3.8) is 0 Å². The number of nitrogens with one attached hydrogen (secondary N) is 3. The van der Waals surface area contributed by atoms with Crippen molar-refractivity contribution >= 4 is 23.6 Å². The molecule has 0 aromatic carbocycles. The van der Waals surface area contributed by atoms with E-state index in [1.807, 2.05) is 39.5 Å². The predicted molar refractivity (Wildman–Crippen MR) is 117 cm³/mol. The van der Waals surface area contributed by atoms with Crippen molar-refractivity contribution in [3.05, 3.63) is 0 Å². The molecule has 3 aliphatic heterocycles. The molecule has 4 amide bonds. The first-order chi connectivity index (χ1) is 14.9. The van der Waals surface area contributed by atoms with E-state index in [9.17, 15) is 24.3 Å². The van der Waals surface area contributed by atoms with E-state index in [1.165, 1.54) is 4.90 Å². The third-order valence-electron chi connectivity index (χ3n) is 6.23. The van der Waals surface area contributed by atoms with Crippen LogP contribution in [0, 0.1) is 5.92 Å². The van der Waals surface area contributed by atoms with E-state index in [0.29, 0.717) is 19.4 Å². The third kappa shape index (κ3) is 5.23. The van der Waals surface area contributed by atoms with E-state index < -0.39 is 41.7 Å². The lowest BCUT2D eigenvalue weighted by molar-refractivity contribution is -0.137. The molecule has 3 aliphatic rings. The van der Waals surface area contributed by atoms with Gasteiger partial charge < -0.3 is 26.0 Å². The Balaban J connectivity index is 2.00. The highest BCUT2D eigenvalue weighted by atomic mass is 16.3. The quantitative estimate of drug-likeness (QED) is 0.404. The fourth-order valence-corrected chi connectivity index (χ4v) is 4.92. The van der Waals surface area contributed by atoms with Gasteiger partial charge in [-0.2, -0.15) is 0 Å². The van der Waals surface area contributed by atoms with Crippen LogP contribution in [0.5, 0.6) is 0 Å². The van der Waals surface area contributed by atoms with Gasteiger partial charge in [0.2, 0.25) is 23.6 Å². The van der Waals surface area contributed by atoms with E-state index >= 15 is 0 Å². The van der Waals surface area contributed by atoms with E-state index in [4.69, 9.17) is 0 Å². The van der Waals surface area contributed by atoms with Gasteiger partial charge in [-0.3, -0.25) is 24.1 Å². The number of aliphatic hydroxyl groups is 1. The molecule has 10 heteroatoms. The van der Waals surface area contributed by atoms with Crippen LogP contribution in [0.15, 0.2) is 0 Å². The van der Waals surface area contributed by atoms with Crippen molar-refractivity contribution in [2.75, 3.05) is 19.7 Å². The average Bonchev–Trinajstić information content (AvgIpc) is 3.17. The maximum absolute atomic E-state index is 13.4. The zero-order valence-electron chi connectivity index (χ0n) is 19.7. The van der Waals surface area contributed by atoms with Gasteiger partial charge in [0.1, 0.15) is 12.1 Å². The molecule has 0 aliphatic carbocycles. The first-order valence-electron chi connectivity index (χ1n) is 11.5. The number of nitrogens with zero attached hydrogens (tertiary/aromatic N) is 2. The Morgan fingerprint density at radius 3 is 2.53 bits per heavy atom. The number of fused-ring (bicyclic) bond motifs is 2. The second-order valence-electron chi connectivity index (χ2n) is 10.5. The van der Waals surface area contributed by atoms with Crippen molar-refractivity contribution in [1.29, 1.82) is 0 Å². The van der Waals surface area contributed by atoms with Gasteiger partial charge in [0.25, 0.3) is 0 Å². The second-order valence-corrected chi connectivity index (χ2v) is 10.5. The van der Waals surface area contributed by atoms with Crippen LogP contribution in [0.1, 0.15) is 53.9 Å². The van der Waals surface area contributed by atoms with Gasteiger partial charge in [-0.15, -0.1) is 0 Å². The molecule has 0 bridgehead atoms. The lowest BCUT2D eigenvalue weighted by atomic mass is 10.0. The summed E-state index contributed by atoms with van der Waals surface area (Å²) in [6.07, 6.45) is 1.71. The Morgan fingerprint density at radius 1 is 1.25 bits per heavy atom. The summed E-state index contributed by atoms with van der Waals surface area (Å²) in [7, 11) is 0. The number of hydrogen-bond donors (Lipinski definition) is 4. The fraction of sp³-hybridized carbons (Fsp3) is 0.818. The van der Waals surface area contributed by atoms with E-state index in [-0.39, 0.29) is 36.8 Å². The van der Waals surface area contributed by atoms with Crippen LogP contribution in [0.4, 0.5) is 0 Å². The van der Waals surface area contributed by atoms with Crippen LogP contribution < -0.4 is 16.0 Å². The molecule has 4 N–H and O–H groups in total. The van der Waals surface area contributed by atoms with E-state index in [0.717, 1.165) is 6.42 Å². The van der Waals surface area contributed by atoms with Crippen LogP contribution in [-0.4, -0.2) is 94.0 Å². The molecule has 0 spiro atoms. The van der Waals surface area contributed by atoms with Gasteiger partial charge in [-0.1, -0.05) is 13.8 Å². The van der Waals surface area contributed by atoms with Crippen LogP contribution >= 0.6 is 0 Å². The molecule has 32 heavy (non-hydrogen) atoms. The van der Waals surface area contributed by atoms with Crippen molar-refractivity contribution in [2.45, 2.75) is 89.6 Å². The Kier molecular flexibility index (Phi) is 7.14. The fourth-order valence-electron chi connectivity index (χ4n) is 4.92. The summed E-state index contributed by atoms with van der Waals surface area (Å²) in [6, 6.07) is -3.20. The zero-order valence-corrected chi connectivity index (χ0v) is 19.7. The molecular formula is C22H37N5O5. The van der Waals surface area contributed by atoms with Crippen LogP contribution in [0.25, 0.3) is 0 Å². The van der Waals surface area contributed by atoms with Crippen molar-refractivity contribution < 1.29 is 24.3 Å². The number of amides is 4. The number of hydrogen-bond acceptors (Lipinski definition) is 6. The first kappa shape index (κ1) is 24.4. The highest BCUT2D eigenvalue weighted by molar-refractivity contribution is 5.94. The SMILES string of the molecule is CC(C)C[C@@H]1NC(=O)CNC(=O)[C@@H]2CCCN2[C@@H](C(=O)NC(C)(C)C)[C@@H]2[C@@H](CO)N2C1=O. The van der Waals surface area contributed by atoms with Gasteiger partial charge in [0, 0.05) is 5.54 Å². The Labute approximate surface area is 189 Å². The minimum absolute atomic E-state index is 0.140. The number of carbonyl (C=O) groups excluding carboxylic acids is 4. The van der Waals surface area contributed by atoms with Crippen molar-refractivity contribution in [2.24, 2.45) is 5.92 Å².